The molecule has 0 fully saturated rings. The molecule has 0 radical (unpaired) electrons. The molecule has 5 aromatic heterocycles. The van der Waals surface area contributed by atoms with E-state index in [1.807, 2.05) is 31.2 Å². The number of fused-ring (bicyclic) bond motifs is 4. The third-order valence-electron chi connectivity index (χ3n) is 8.24. The maximum Gasteiger partial charge on any atom is 0.490 e. The van der Waals surface area contributed by atoms with Crippen LogP contribution >= 0.6 is 23.2 Å². The molecule has 0 aliphatic carbocycles. The van der Waals surface area contributed by atoms with Crippen LogP contribution < -0.4 is 10.9 Å². The van der Waals surface area contributed by atoms with Crippen molar-refractivity contribution in [3.05, 3.63) is 112 Å². The first-order chi connectivity index (χ1) is 25.3. The lowest BCUT2D eigenvalue weighted by Gasteiger charge is -2.22. The number of aliphatic carboxylic acids is 1. The SMILES string of the molecule is C[C@@H]1CCC[C@H](n2cnc(-c3cc(Cl)ccc3-n3cc(Cl)nn3)cc2=O)c2cc(ccn2)-c2c(cnn2-c2cccnc2)NC1=O.O=C(O)C(F)(F)F. The number of hydrogen-bond acceptors (Lipinski definition) is 9. The highest BCUT2D eigenvalue weighted by atomic mass is 35.5. The Balaban J connectivity index is 0.000000626. The van der Waals surface area contributed by atoms with Crippen molar-refractivity contribution in [3.63, 3.8) is 0 Å². The predicted molar refractivity (Wildman–Crippen MR) is 187 cm³/mol. The molecule has 2 bridgehead atoms. The van der Waals surface area contributed by atoms with Crippen LogP contribution in [0.1, 0.15) is 37.9 Å². The molecule has 19 heteroatoms. The minimum atomic E-state index is -5.08. The third kappa shape index (κ3) is 8.26. The van der Waals surface area contributed by atoms with Crippen molar-refractivity contribution in [2.45, 2.75) is 38.4 Å². The average Bonchev–Trinajstić information content (AvgIpc) is 3.76. The van der Waals surface area contributed by atoms with Crippen LogP contribution in [0.4, 0.5) is 18.9 Å². The van der Waals surface area contributed by atoms with Crippen LogP contribution in [0.15, 0.2) is 90.6 Å². The molecular formula is C34H27Cl2F3N10O4. The van der Waals surface area contributed by atoms with Crippen LogP contribution in [-0.4, -0.2) is 67.5 Å². The topological polar surface area (TPSA) is 176 Å². The third-order valence-corrected chi connectivity index (χ3v) is 8.65. The summed E-state index contributed by atoms with van der Waals surface area (Å²) in [4.78, 5) is 49.6. The zero-order valence-corrected chi connectivity index (χ0v) is 29.0. The molecule has 1 aliphatic rings. The van der Waals surface area contributed by atoms with Gasteiger partial charge in [-0.2, -0.15) is 18.3 Å². The van der Waals surface area contributed by atoms with E-state index in [2.05, 4.69) is 25.7 Å². The van der Waals surface area contributed by atoms with Gasteiger partial charge in [0.1, 0.15) is 0 Å². The van der Waals surface area contributed by atoms with Crippen molar-refractivity contribution >= 4 is 40.8 Å². The Morgan fingerprint density at radius 3 is 2.49 bits per heavy atom. The number of anilines is 1. The molecular weight excluding hydrogens is 740 g/mol. The number of carboxylic acid groups (broad SMARTS) is 1. The summed E-state index contributed by atoms with van der Waals surface area (Å²) in [5, 5.41) is 23.4. The number of pyridine rings is 2. The lowest BCUT2D eigenvalue weighted by molar-refractivity contribution is -0.192. The first-order valence-corrected chi connectivity index (χ1v) is 16.6. The number of carbonyl (C=O) groups is 2. The van der Waals surface area contributed by atoms with E-state index < -0.39 is 18.2 Å². The van der Waals surface area contributed by atoms with Crippen molar-refractivity contribution < 1.29 is 27.9 Å². The Bertz CT molecular complexity index is 2350. The van der Waals surface area contributed by atoms with Gasteiger partial charge in [0.2, 0.25) is 5.91 Å². The first kappa shape index (κ1) is 36.8. The zero-order chi connectivity index (χ0) is 37.9. The number of rotatable bonds is 4. The largest absolute Gasteiger partial charge is 0.490 e. The molecule has 0 spiro atoms. The standard InChI is InChI=1S/C32H26Cl2N10O2.C2HF3O2/c1-19-4-2-6-28(42-18-37-24(14-30(42)45)23-13-21(33)7-8-27(23)43-17-29(34)40-41-43)25-12-20(9-11-36-25)31-26(39-32(19)46)16-38-44(31)22-5-3-10-35-15-22;3-2(4,5)1(6)7/h3,5,7-19,28H,2,4,6H2,1H3,(H,39,46);(H,6,7)/t19-,28+;/m1./s1. The maximum absolute atomic E-state index is 13.9. The fraction of sp³-hybridized carbons (Fsp3) is 0.206. The van der Waals surface area contributed by atoms with Crippen LogP contribution in [-0.2, 0) is 9.59 Å². The summed E-state index contributed by atoms with van der Waals surface area (Å²) in [6.07, 6.45) is 6.58. The van der Waals surface area contributed by atoms with E-state index in [1.54, 1.807) is 58.4 Å². The molecule has 0 unspecified atom stereocenters. The molecule has 1 amide bonds. The fourth-order valence-corrected chi connectivity index (χ4v) is 5.97. The first-order valence-electron chi connectivity index (χ1n) is 15.8. The molecule has 1 aliphatic heterocycles. The monoisotopic (exact) mass is 766 g/mol. The second kappa shape index (κ2) is 15.3. The summed E-state index contributed by atoms with van der Waals surface area (Å²) < 4.78 is 36.6. The van der Waals surface area contributed by atoms with Gasteiger partial charge in [-0.3, -0.25) is 24.1 Å². The van der Waals surface area contributed by atoms with E-state index >= 15 is 0 Å². The number of benzene rings is 1. The van der Waals surface area contributed by atoms with Gasteiger partial charge in [0.15, 0.2) is 5.15 Å². The summed E-state index contributed by atoms with van der Waals surface area (Å²) in [7, 11) is 0. The minimum Gasteiger partial charge on any atom is -0.475 e. The molecule has 272 valence electrons. The van der Waals surface area contributed by atoms with E-state index in [9.17, 15) is 22.8 Å². The summed E-state index contributed by atoms with van der Waals surface area (Å²) in [6, 6.07) is 13.7. The Hall–Kier alpha value is -5.94. The molecule has 2 atom stereocenters. The molecule has 7 rings (SSSR count). The molecule has 6 heterocycles. The van der Waals surface area contributed by atoms with Crippen LogP contribution in [0.5, 0.6) is 0 Å². The number of nitrogens with zero attached hydrogens (tertiary/aromatic N) is 9. The van der Waals surface area contributed by atoms with Crippen molar-refractivity contribution in [2.24, 2.45) is 5.92 Å². The smallest absolute Gasteiger partial charge is 0.475 e. The van der Waals surface area contributed by atoms with Gasteiger partial charge in [-0.25, -0.2) is 19.1 Å². The zero-order valence-electron chi connectivity index (χ0n) is 27.4. The van der Waals surface area contributed by atoms with E-state index in [4.69, 9.17) is 43.1 Å². The number of aromatic nitrogens is 9. The number of nitrogens with one attached hydrogen (secondary N) is 1. The molecule has 53 heavy (non-hydrogen) atoms. The number of alkyl halides is 3. The quantitative estimate of drug-likeness (QED) is 0.204. The summed E-state index contributed by atoms with van der Waals surface area (Å²) in [5.74, 6) is -3.13. The Morgan fingerprint density at radius 2 is 1.81 bits per heavy atom. The van der Waals surface area contributed by atoms with Gasteiger partial charge < -0.3 is 10.4 Å². The van der Waals surface area contributed by atoms with Crippen LogP contribution in [0, 0.1) is 5.92 Å². The number of carbonyl (C=O) groups excluding carboxylic acids is 1. The maximum atomic E-state index is 13.9. The Labute approximate surface area is 307 Å². The lowest BCUT2D eigenvalue weighted by atomic mass is 9.97. The average molecular weight is 768 g/mol. The van der Waals surface area contributed by atoms with Crippen LogP contribution in [0.3, 0.4) is 0 Å². The second-order valence-corrected chi connectivity index (χ2v) is 12.6. The van der Waals surface area contributed by atoms with Crippen LogP contribution in [0.2, 0.25) is 10.2 Å². The Kier molecular flexibility index (Phi) is 10.7. The summed E-state index contributed by atoms with van der Waals surface area (Å²) in [6.45, 7) is 1.90. The summed E-state index contributed by atoms with van der Waals surface area (Å²) in [5.41, 5.74) is 4.78. The van der Waals surface area contributed by atoms with Gasteiger partial charge in [-0.15, -0.1) is 5.10 Å². The second-order valence-electron chi connectivity index (χ2n) is 11.8. The predicted octanol–water partition coefficient (Wildman–Crippen LogP) is 6.42. The highest BCUT2D eigenvalue weighted by Crippen LogP contribution is 2.35. The highest BCUT2D eigenvalue weighted by Gasteiger charge is 2.38. The van der Waals surface area contributed by atoms with E-state index in [0.29, 0.717) is 58.3 Å². The Morgan fingerprint density at radius 1 is 1.02 bits per heavy atom. The number of halogens is 5. The van der Waals surface area contributed by atoms with Gasteiger partial charge in [0, 0.05) is 40.5 Å². The van der Waals surface area contributed by atoms with Crippen molar-refractivity contribution in [1.29, 1.82) is 0 Å². The summed E-state index contributed by atoms with van der Waals surface area (Å²) >= 11 is 12.4. The lowest BCUT2D eigenvalue weighted by Crippen LogP contribution is -2.27. The highest BCUT2D eigenvalue weighted by molar-refractivity contribution is 6.31. The minimum absolute atomic E-state index is 0.104. The molecule has 1 aromatic carbocycles. The number of amides is 1. The molecule has 0 saturated carbocycles. The van der Waals surface area contributed by atoms with Gasteiger partial charge >= 0.3 is 12.1 Å². The van der Waals surface area contributed by atoms with Gasteiger partial charge in [0.05, 0.1) is 65.1 Å². The molecule has 2 N–H and O–H groups in total. The van der Waals surface area contributed by atoms with E-state index in [0.717, 1.165) is 11.3 Å². The number of hydrogen-bond donors (Lipinski definition) is 2. The van der Waals surface area contributed by atoms with E-state index in [1.165, 1.54) is 17.1 Å². The van der Waals surface area contributed by atoms with Crippen LogP contribution in [0.25, 0.3) is 33.9 Å². The van der Waals surface area contributed by atoms with Crippen molar-refractivity contribution in [3.8, 4) is 33.9 Å². The fourth-order valence-electron chi connectivity index (χ4n) is 5.67. The van der Waals surface area contributed by atoms with Crippen molar-refractivity contribution in [1.82, 2.24) is 44.3 Å². The molecule has 6 aromatic rings. The molecule has 0 saturated heterocycles. The van der Waals surface area contributed by atoms with Crippen molar-refractivity contribution in [2.75, 3.05) is 5.32 Å². The van der Waals surface area contributed by atoms with Gasteiger partial charge in [-0.05, 0) is 55.3 Å². The normalized spacial score (nSPS) is 15.9. The van der Waals surface area contributed by atoms with E-state index in [-0.39, 0.29) is 22.5 Å². The molecule has 14 nitrogen and oxygen atoms in total. The van der Waals surface area contributed by atoms with Gasteiger partial charge in [0.25, 0.3) is 5.56 Å². The number of carboxylic acids is 1. The van der Waals surface area contributed by atoms with Gasteiger partial charge in [-0.1, -0.05) is 41.8 Å².